The Kier molecular flexibility index (Phi) is 5.57. The number of benzene rings is 2. The molecule has 1 fully saturated rings. The number of fused-ring (bicyclic) bond motifs is 1. The number of hydrogen-bond donors (Lipinski definition) is 1. The van der Waals surface area contributed by atoms with Gasteiger partial charge in [-0.2, -0.15) is 0 Å². The van der Waals surface area contributed by atoms with Crippen LogP contribution in [0.25, 0.3) is 10.9 Å². The number of amides is 1. The van der Waals surface area contributed by atoms with E-state index in [0.29, 0.717) is 16.1 Å². The van der Waals surface area contributed by atoms with E-state index in [1.165, 1.54) is 23.1 Å². The van der Waals surface area contributed by atoms with Crippen LogP contribution in [0.3, 0.4) is 0 Å². The Hall–Kier alpha value is -2.97. The van der Waals surface area contributed by atoms with Crippen molar-refractivity contribution in [1.82, 2.24) is 19.9 Å². The lowest BCUT2D eigenvalue weighted by molar-refractivity contribution is -0.119. The van der Waals surface area contributed by atoms with E-state index < -0.39 is 0 Å². The Morgan fingerprint density at radius 3 is 2.68 bits per heavy atom. The van der Waals surface area contributed by atoms with Gasteiger partial charge < -0.3 is 5.32 Å². The smallest absolute Gasteiger partial charge is 0.262 e. The van der Waals surface area contributed by atoms with E-state index in [0.717, 1.165) is 23.4 Å². The van der Waals surface area contributed by atoms with Crippen molar-refractivity contribution in [2.45, 2.75) is 30.1 Å². The number of hydrogen-bond acceptors (Lipinski definition) is 6. The maximum absolute atomic E-state index is 13.0. The van der Waals surface area contributed by atoms with E-state index in [1.807, 2.05) is 60.0 Å². The molecule has 1 amide bonds. The number of nitrogens with zero attached hydrogens (tertiary/aromatic N) is 3. The van der Waals surface area contributed by atoms with Gasteiger partial charge in [0, 0.05) is 17.6 Å². The first-order valence-corrected chi connectivity index (χ1v) is 11.9. The summed E-state index contributed by atoms with van der Waals surface area (Å²) in [6.45, 7) is 0. The molecule has 2 aromatic heterocycles. The molecule has 8 heteroatoms. The average Bonchev–Trinajstić information content (AvgIpc) is 3.49. The lowest BCUT2D eigenvalue weighted by Crippen LogP contribution is -2.31. The third-order valence-corrected chi connectivity index (χ3v) is 6.95. The summed E-state index contributed by atoms with van der Waals surface area (Å²) in [5.41, 5.74) is 1.62. The Bertz CT molecular complexity index is 1270. The minimum absolute atomic E-state index is 0.0269. The van der Waals surface area contributed by atoms with E-state index in [1.54, 1.807) is 10.8 Å². The quantitative estimate of drug-likeness (QED) is 0.339. The topological polar surface area (TPSA) is 76.9 Å². The van der Waals surface area contributed by atoms with Gasteiger partial charge in [-0.25, -0.2) is 9.97 Å². The zero-order chi connectivity index (χ0) is 21.2. The van der Waals surface area contributed by atoms with E-state index in [2.05, 4.69) is 10.3 Å². The van der Waals surface area contributed by atoms with Gasteiger partial charge in [0.1, 0.15) is 11.0 Å². The number of carbonyl (C=O) groups is 1. The molecular formula is C23H20N4O2S2. The maximum Gasteiger partial charge on any atom is 0.262 e. The van der Waals surface area contributed by atoms with Gasteiger partial charge in [0.15, 0.2) is 5.16 Å². The molecule has 1 unspecified atom stereocenters. The first kappa shape index (κ1) is 20.0. The molecule has 5 rings (SSSR count). The standard InChI is InChI=1S/C23H20N4O2S2/c28-19(26-20(21-24-12-13-30-21)15-6-2-1-3-7-15)14-31-23-25-18-9-5-4-8-17(18)22(29)27(23)16-10-11-16/h1-9,12-13,16,20H,10-11,14H2,(H,26,28). The molecule has 0 bridgehead atoms. The first-order chi connectivity index (χ1) is 15.2. The summed E-state index contributed by atoms with van der Waals surface area (Å²) in [4.78, 5) is 35.0. The predicted molar refractivity (Wildman–Crippen MR) is 124 cm³/mol. The minimum Gasteiger partial charge on any atom is -0.342 e. The number of para-hydroxylation sites is 1. The van der Waals surface area contributed by atoms with Crippen molar-refractivity contribution >= 4 is 39.9 Å². The molecule has 31 heavy (non-hydrogen) atoms. The zero-order valence-electron chi connectivity index (χ0n) is 16.6. The maximum atomic E-state index is 13.0. The second kappa shape index (κ2) is 8.64. The van der Waals surface area contributed by atoms with Gasteiger partial charge in [0.05, 0.1) is 16.7 Å². The van der Waals surface area contributed by atoms with Crippen LogP contribution in [0, 0.1) is 0 Å². The second-order valence-corrected chi connectivity index (χ2v) is 9.26. The Labute approximate surface area is 187 Å². The summed E-state index contributed by atoms with van der Waals surface area (Å²) in [6, 6.07) is 17.1. The fraction of sp³-hybridized carbons (Fsp3) is 0.217. The van der Waals surface area contributed by atoms with Crippen LogP contribution < -0.4 is 10.9 Å². The summed E-state index contributed by atoms with van der Waals surface area (Å²) in [7, 11) is 0. The lowest BCUT2D eigenvalue weighted by Gasteiger charge is -2.17. The minimum atomic E-state index is -0.301. The largest absolute Gasteiger partial charge is 0.342 e. The van der Waals surface area contributed by atoms with Gasteiger partial charge in [0.25, 0.3) is 5.56 Å². The summed E-state index contributed by atoms with van der Waals surface area (Å²) < 4.78 is 1.76. The molecule has 1 aliphatic carbocycles. The molecule has 0 spiro atoms. The van der Waals surface area contributed by atoms with Crippen molar-refractivity contribution < 1.29 is 4.79 Å². The Morgan fingerprint density at radius 2 is 1.94 bits per heavy atom. The summed E-state index contributed by atoms with van der Waals surface area (Å²) >= 11 is 2.82. The van der Waals surface area contributed by atoms with E-state index in [-0.39, 0.29) is 29.3 Å². The molecule has 2 aromatic carbocycles. The lowest BCUT2D eigenvalue weighted by atomic mass is 10.1. The van der Waals surface area contributed by atoms with Crippen LogP contribution in [0.1, 0.15) is 35.5 Å². The van der Waals surface area contributed by atoms with Gasteiger partial charge in [-0.05, 0) is 30.5 Å². The monoisotopic (exact) mass is 448 g/mol. The van der Waals surface area contributed by atoms with E-state index >= 15 is 0 Å². The van der Waals surface area contributed by atoms with Crippen LogP contribution in [-0.4, -0.2) is 26.2 Å². The van der Waals surface area contributed by atoms with E-state index in [9.17, 15) is 9.59 Å². The van der Waals surface area contributed by atoms with Crippen LogP contribution >= 0.6 is 23.1 Å². The van der Waals surface area contributed by atoms with Crippen LogP contribution in [-0.2, 0) is 4.79 Å². The van der Waals surface area contributed by atoms with Crippen molar-refractivity contribution in [3.63, 3.8) is 0 Å². The highest BCUT2D eigenvalue weighted by Gasteiger charge is 2.29. The van der Waals surface area contributed by atoms with Crippen LogP contribution in [0.15, 0.2) is 76.1 Å². The van der Waals surface area contributed by atoms with Crippen LogP contribution in [0.2, 0.25) is 0 Å². The van der Waals surface area contributed by atoms with Gasteiger partial charge >= 0.3 is 0 Å². The predicted octanol–water partition coefficient (Wildman–Crippen LogP) is 4.19. The summed E-state index contributed by atoms with van der Waals surface area (Å²) in [6.07, 6.45) is 3.68. The Morgan fingerprint density at radius 1 is 1.16 bits per heavy atom. The molecular weight excluding hydrogens is 428 g/mol. The molecule has 2 heterocycles. The van der Waals surface area contributed by atoms with Gasteiger partial charge in [-0.3, -0.25) is 14.2 Å². The molecule has 1 N–H and O–H groups in total. The third kappa shape index (κ3) is 4.26. The molecule has 1 atom stereocenters. The van der Waals surface area contributed by atoms with Crippen molar-refractivity contribution in [2.75, 3.05) is 5.75 Å². The molecule has 0 aliphatic heterocycles. The van der Waals surface area contributed by atoms with Crippen molar-refractivity contribution in [3.05, 3.63) is 87.1 Å². The number of aromatic nitrogens is 3. The number of rotatable bonds is 7. The van der Waals surface area contributed by atoms with Gasteiger partial charge in [-0.15, -0.1) is 11.3 Å². The molecule has 0 saturated heterocycles. The second-order valence-electron chi connectivity index (χ2n) is 7.39. The third-order valence-electron chi connectivity index (χ3n) is 5.16. The average molecular weight is 449 g/mol. The molecule has 156 valence electrons. The molecule has 4 aromatic rings. The van der Waals surface area contributed by atoms with Crippen molar-refractivity contribution in [2.24, 2.45) is 0 Å². The van der Waals surface area contributed by atoms with Crippen molar-refractivity contribution in [1.29, 1.82) is 0 Å². The SMILES string of the molecule is O=C(CSc1nc2ccccc2c(=O)n1C1CC1)NC(c1ccccc1)c1nccs1. The first-order valence-electron chi connectivity index (χ1n) is 10.1. The fourth-order valence-electron chi connectivity index (χ4n) is 3.53. The molecule has 6 nitrogen and oxygen atoms in total. The molecule has 1 saturated carbocycles. The van der Waals surface area contributed by atoms with Gasteiger partial charge in [-0.1, -0.05) is 54.2 Å². The highest BCUT2D eigenvalue weighted by atomic mass is 32.2. The summed E-state index contributed by atoms with van der Waals surface area (Å²) in [5.74, 6) is 0.0467. The van der Waals surface area contributed by atoms with E-state index in [4.69, 9.17) is 4.98 Å². The Balaban J connectivity index is 1.37. The van der Waals surface area contributed by atoms with Crippen molar-refractivity contribution in [3.8, 4) is 0 Å². The molecule has 0 radical (unpaired) electrons. The summed E-state index contributed by atoms with van der Waals surface area (Å²) in [5, 5.41) is 7.06. The normalized spacial score (nSPS) is 14.5. The number of carbonyl (C=O) groups excluding carboxylic acids is 1. The highest BCUT2D eigenvalue weighted by molar-refractivity contribution is 7.99. The zero-order valence-corrected chi connectivity index (χ0v) is 18.2. The molecule has 1 aliphatic rings. The number of thiazole rings is 1. The van der Waals surface area contributed by atoms with Crippen LogP contribution in [0.5, 0.6) is 0 Å². The highest BCUT2D eigenvalue weighted by Crippen LogP contribution is 2.36. The van der Waals surface area contributed by atoms with Gasteiger partial charge in [0.2, 0.25) is 5.91 Å². The number of nitrogens with one attached hydrogen (secondary N) is 1. The van der Waals surface area contributed by atoms with Crippen LogP contribution in [0.4, 0.5) is 0 Å². The number of thioether (sulfide) groups is 1. The fourth-order valence-corrected chi connectivity index (χ4v) is 5.12.